The Morgan fingerprint density at radius 2 is 2.11 bits per heavy atom. The summed E-state index contributed by atoms with van der Waals surface area (Å²) in [6.07, 6.45) is 7.62. The van der Waals surface area contributed by atoms with Crippen molar-refractivity contribution in [3.63, 3.8) is 0 Å². The van der Waals surface area contributed by atoms with Crippen LogP contribution in [0, 0.1) is 11.8 Å². The van der Waals surface area contributed by atoms with Crippen molar-refractivity contribution in [3.05, 3.63) is 0 Å². The molecule has 1 aliphatic heterocycles. The quantitative estimate of drug-likeness (QED) is 0.798. The molecule has 0 bridgehead atoms. The second-order valence-electron chi connectivity index (χ2n) is 6.13. The van der Waals surface area contributed by atoms with Gasteiger partial charge in [0.15, 0.2) is 0 Å². The zero-order chi connectivity index (χ0) is 13.5. The molecule has 1 aliphatic carbocycles. The van der Waals surface area contributed by atoms with Crippen LogP contribution in [0.4, 0.5) is 0 Å². The average Bonchev–Trinajstić information content (AvgIpc) is 2.45. The minimum atomic E-state index is 0.0448. The van der Waals surface area contributed by atoms with E-state index in [-0.39, 0.29) is 18.6 Å². The Morgan fingerprint density at radius 1 is 1.26 bits per heavy atom. The van der Waals surface area contributed by atoms with Crippen LogP contribution in [0.25, 0.3) is 0 Å². The number of hydrogen-bond acceptors (Lipinski definition) is 3. The summed E-state index contributed by atoms with van der Waals surface area (Å²) in [4.78, 5) is 11.8. The molecule has 1 amide bonds. The zero-order valence-electron chi connectivity index (χ0n) is 12.1. The van der Waals surface area contributed by atoms with Gasteiger partial charge in [0, 0.05) is 6.54 Å². The summed E-state index contributed by atoms with van der Waals surface area (Å²) < 4.78 is 5.77. The largest absolute Gasteiger partial charge is 0.368 e. The molecule has 2 rings (SSSR count). The molecule has 110 valence electrons. The van der Waals surface area contributed by atoms with Crippen molar-refractivity contribution in [1.29, 1.82) is 0 Å². The molecule has 2 fully saturated rings. The predicted molar refractivity (Wildman–Crippen MR) is 76.0 cm³/mol. The van der Waals surface area contributed by atoms with Crippen LogP contribution in [0.2, 0.25) is 0 Å². The highest BCUT2D eigenvalue weighted by atomic mass is 16.5. The molecule has 3 unspecified atom stereocenters. The second kappa shape index (κ2) is 7.85. The number of rotatable bonds is 5. The first-order chi connectivity index (χ1) is 9.25. The molecular formula is C15H28N2O2. The van der Waals surface area contributed by atoms with Gasteiger partial charge >= 0.3 is 0 Å². The second-order valence-corrected chi connectivity index (χ2v) is 6.13. The van der Waals surface area contributed by atoms with E-state index in [1.165, 1.54) is 32.1 Å². The number of carbonyl (C=O) groups excluding carboxylic acids is 1. The Hall–Kier alpha value is -0.610. The van der Waals surface area contributed by atoms with E-state index in [1.54, 1.807) is 0 Å². The summed E-state index contributed by atoms with van der Waals surface area (Å²) in [7, 11) is 0. The van der Waals surface area contributed by atoms with Crippen molar-refractivity contribution in [2.75, 3.05) is 26.2 Å². The third kappa shape index (κ3) is 5.11. The molecule has 0 aromatic carbocycles. The lowest BCUT2D eigenvalue weighted by atomic mass is 9.88. The highest BCUT2D eigenvalue weighted by molar-refractivity contribution is 5.77. The zero-order valence-corrected chi connectivity index (χ0v) is 12.1. The van der Waals surface area contributed by atoms with Crippen molar-refractivity contribution < 1.29 is 9.53 Å². The summed E-state index contributed by atoms with van der Waals surface area (Å²) in [6.45, 7) is 5.40. The summed E-state index contributed by atoms with van der Waals surface area (Å²) in [5.41, 5.74) is 0. The summed E-state index contributed by atoms with van der Waals surface area (Å²) in [5, 5.41) is 6.37. The molecule has 0 radical (unpaired) electrons. The van der Waals surface area contributed by atoms with Crippen LogP contribution >= 0.6 is 0 Å². The number of carbonyl (C=O) groups is 1. The van der Waals surface area contributed by atoms with E-state index in [9.17, 15) is 4.79 Å². The first-order valence-corrected chi connectivity index (χ1v) is 7.84. The van der Waals surface area contributed by atoms with Gasteiger partial charge in [0.05, 0.1) is 6.10 Å². The molecule has 1 saturated heterocycles. The van der Waals surface area contributed by atoms with Crippen molar-refractivity contribution in [2.24, 2.45) is 11.8 Å². The standard InChI is InChI=1S/C15H28N2O2/c1-12-5-2-3-7-14(12)19-11-15(18)17-10-13-6-4-8-16-9-13/h12-14,16H,2-11H2,1H3,(H,17,18). The predicted octanol–water partition coefficient (Wildman–Crippen LogP) is 1.70. The number of piperidine rings is 1. The Labute approximate surface area is 116 Å². The lowest BCUT2D eigenvalue weighted by Crippen LogP contribution is -2.40. The summed E-state index contributed by atoms with van der Waals surface area (Å²) in [5.74, 6) is 1.23. The molecule has 0 aromatic rings. The van der Waals surface area contributed by atoms with Gasteiger partial charge in [0.25, 0.3) is 0 Å². The number of hydrogen-bond donors (Lipinski definition) is 2. The number of ether oxygens (including phenoxy) is 1. The van der Waals surface area contributed by atoms with Gasteiger partial charge in [-0.05, 0) is 50.6 Å². The van der Waals surface area contributed by atoms with Gasteiger partial charge in [0.2, 0.25) is 5.91 Å². The molecule has 0 spiro atoms. The van der Waals surface area contributed by atoms with Crippen LogP contribution in [0.3, 0.4) is 0 Å². The lowest BCUT2D eigenvalue weighted by Gasteiger charge is -2.28. The van der Waals surface area contributed by atoms with Gasteiger partial charge in [-0.3, -0.25) is 4.79 Å². The lowest BCUT2D eigenvalue weighted by molar-refractivity contribution is -0.129. The maximum Gasteiger partial charge on any atom is 0.246 e. The molecule has 4 nitrogen and oxygen atoms in total. The molecule has 3 atom stereocenters. The van der Waals surface area contributed by atoms with Crippen molar-refractivity contribution in [2.45, 2.75) is 51.6 Å². The van der Waals surface area contributed by atoms with Crippen LogP contribution in [0.5, 0.6) is 0 Å². The van der Waals surface area contributed by atoms with Gasteiger partial charge in [0.1, 0.15) is 6.61 Å². The third-order valence-corrected chi connectivity index (χ3v) is 4.45. The normalized spacial score (nSPS) is 31.9. The Bertz CT molecular complexity index is 277. The summed E-state index contributed by atoms with van der Waals surface area (Å²) >= 11 is 0. The first-order valence-electron chi connectivity index (χ1n) is 7.84. The van der Waals surface area contributed by atoms with Gasteiger partial charge in [-0.15, -0.1) is 0 Å². The SMILES string of the molecule is CC1CCCCC1OCC(=O)NCC1CCCNC1. The molecule has 4 heteroatoms. The highest BCUT2D eigenvalue weighted by Crippen LogP contribution is 2.26. The van der Waals surface area contributed by atoms with Crippen LogP contribution in [0.15, 0.2) is 0 Å². The van der Waals surface area contributed by atoms with Crippen molar-refractivity contribution in [1.82, 2.24) is 10.6 Å². The molecule has 19 heavy (non-hydrogen) atoms. The number of amides is 1. The van der Waals surface area contributed by atoms with E-state index in [1.807, 2.05) is 0 Å². The smallest absolute Gasteiger partial charge is 0.246 e. The molecule has 1 heterocycles. The van der Waals surface area contributed by atoms with Gasteiger partial charge in [-0.25, -0.2) is 0 Å². The molecule has 0 aromatic heterocycles. The van der Waals surface area contributed by atoms with E-state index in [0.717, 1.165) is 26.1 Å². The number of nitrogens with one attached hydrogen (secondary N) is 2. The highest BCUT2D eigenvalue weighted by Gasteiger charge is 2.22. The van der Waals surface area contributed by atoms with Crippen LogP contribution in [-0.2, 0) is 9.53 Å². The van der Waals surface area contributed by atoms with E-state index >= 15 is 0 Å². The monoisotopic (exact) mass is 268 g/mol. The fraction of sp³-hybridized carbons (Fsp3) is 0.933. The maximum atomic E-state index is 11.8. The fourth-order valence-electron chi connectivity index (χ4n) is 3.12. The fourth-order valence-corrected chi connectivity index (χ4v) is 3.12. The molecular weight excluding hydrogens is 240 g/mol. The Morgan fingerprint density at radius 3 is 2.84 bits per heavy atom. The average molecular weight is 268 g/mol. The molecule has 1 saturated carbocycles. The van der Waals surface area contributed by atoms with Gasteiger partial charge < -0.3 is 15.4 Å². The van der Waals surface area contributed by atoms with E-state index in [2.05, 4.69) is 17.6 Å². The van der Waals surface area contributed by atoms with E-state index in [4.69, 9.17) is 4.74 Å². The molecule has 2 N–H and O–H groups in total. The summed E-state index contributed by atoms with van der Waals surface area (Å²) in [6, 6.07) is 0. The van der Waals surface area contributed by atoms with Crippen LogP contribution in [-0.4, -0.2) is 38.3 Å². The minimum Gasteiger partial charge on any atom is -0.368 e. The van der Waals surface area contributed by atoms with Crippen LogP contribution in [0.1, 0.15) is 45.4 Å². The Balaban J connectivity index is 1.58. The first kappa shape index (κ1) is 14.8. The van der Waals surface area contributed by atoms with Gasteiger partial charge in [-0.1, -0.05) is 19.8 Å². The maximum absolute atomic E-state index is 11.8. The minimum absolute atomic E-state index is 0.0448. The topological polar surface area (TPSA) is 50.4 Å². The van der Waals surface area contributed by atoms with E-state index < -0.39 is 0 Å². The third-order valence-electron chi connectivity index (χ3n) is 4.45. The van der Waals surface area contributed by atoms with Crippen molar-refractivity contribution >= 4 is 5.91 Å². The Kier molecular flexibility index (Phi) is 6.11. The molecule has 2 aliphatic rings. The van der Waals surface area contributed by atoms with Crippen LogP contribution < -0.4 is 10.6 Å². The van der Waals surface area contributed by atoms with Gasteiger partial charge in [-0.2, -0.15) is 0 Å². The van der Waals surface area contributed by atoms with E-state index in [0.29, 0.717) is 11.8 Å². The van der Waals surface area contributed by atoms with Crippen molar-refractivity contribution in [3.8, 4) is 0 Å².